The van der Waals surface area contributed by atoms with Crippen LogP contribution in [-0.4, -0.2) is 11.4 Å². The maximum Gasteiger partial charge on any atom is 0.153 e. The Morgan fingerprint density at radius 1 is 1.50 bits per heavy atom. The Bertz CT molecular complexity index is 447. The van der Waals surface area contributed by atoms with Crippen LogP contribution >= 0.6 is 0 Å². The number of hydrogen-bond acceptors (Lipinski definition) is 3. The van der Waals surface area contributed by atoms with E-state index >= 15 is 0 Å². The predicted octanol–water partition coefficient (Wildman–Crippen LogP) is 1.47. The minimum absolute atomic E-state index is 0.0937. The highest BCUT2D eigenvalue weighted by atomic mass is 16.3. The van der Waals surface area contributed by atoms with Gasteiger partial charge in [-0.25, -0.2) is 0 Å². The first-order valence-corrected chi connectivity index (χ1v) is 3.92. The normalized spacial score (nSPS) is 8.21. The van der Waals surface area contributed by atoms with Crippen LogP contribution in [0.2, 0.25) is 0 Å². The van der Waals surface area contributed by atoms with E-state index in [1.807, 2.05) is 6.07 Å². The second-order valence-corrected chi connectivity index (χ2v) is 2.53. The van der Waals surface area contributed by atoms with Gasteiger partial charge in [0.15, 0.2) is 6.29 Å². The highest BCUT2D eigenvalue weighted by Crippen LogP contribution is 2.15. The quantitative estimate of drug-likeness (QED) is 0.532. The first-order valence-electron chi connectivity index (χ1n) is 3.92. The van der Waals surface area contributed by atoms with Crippen LogP contribution in [0.15, 0.2) is 18.2 Å². The fourth-order valence-electron chi connectivity index (χ4n) is 0.907. The van der Waals surface area contributed by atoms with Crippen LogP contribution in [0.3, 0.4) is 0 Å². The Hall–Kier alpha value is -2.26. The maximum atomic E-state index is 10.4. The number of benzene rings is 1. The number of aromatic hydroxyl groups is 1. The fraction of sp³-hybridized carbons (Fsp3) is 0.0909. The van der Waals surface area contributed by atoms with Crippen molar-refractivity contribution in [2.75, 3.05) is 0 Å². The molecule has 3 nitrogen and oxygen atoms in total. The molecule has 0 saturated carbocycles. The van der Waals surface area contributed by atoms with E-state index in [-0.39, 0.29) is 17.7 Å². The largest absolute Gasteiger partial charge is 0.507 e. The summed E-state index contributed by atoms with van der Waals surface area (Å²) in [6, 6.07) is 6.38. The van der Waals surface area contributed by atoms with Crippen molar-refractivity contribution in [1.29, 1.82) is 5.26 Å². The highest BCUT2D eigenvalue weighted by Gasteiger charge is 1.98. The molecule has 0 aliphatic rings. The molecule has 0 atom stereocenters. The molecule has 0 spiro atoms. The third-order valence-corrected chi connectivity index (χ3v) is 1.56. The van der Waals surface area contributed by atoms with Crippen molar-refractivity contribution in [1.82, 2.24) is 0 Å². The van der Waals surface area contributed by atoms with Crippen LogP contribution in [0.25, 0.3) is 0 Å². The van der Waals surface area contributed by atoms with Crippen LogP contribution in [-0.2, 0) is 0 Å². The number of rotatable bonds is 1. The molecule has 68 valence electrons. The first-order chi connectivity index (χ1) is 6.77. The molecule has 1 rings (SSSR count). The second-order valence-electron chi connectivity index (χ2n) is 2.53. The Labute approximate surface area is 81.6 Å². The van der Waals surface area contributed by atoms with Crippen molar-refractivity contribution in [2.45, 2.75) is 6.42 Å². The Morgan fingerprint density at radius 3 is 2.86 bits per heavy atom. The zero-order valence-electron chi connectivity index (χ0n) is 7.32. The molecule has 0 heterocycles. The summed E-state index contributed by atoms with van der Waals surface area (Å²) in [5, 5.41) is 17.5. The smallest absolute Gasteiger partial charge is 0.153 e. The molecule has 1 aromatic rings. The zero-order valence-corrected chi connectivity index (χ0v) is 7.32. The van der Waals surface area contributed by atoms with Gasteiger partial charge < -0.3 is 5.11 Å². The average molecular weight is 185 g/mol. The molecule has 0 saturated heterocycles. The molecule has 0 aromatic heterocycles. The number of hydrogen-bond donors (Lipinski definition) is 1. The molecule has 3 heteroatoms. The fourth-order valence-corrected chi connectivity index (χ4v) is 0.907. The van der Waals surface area contributed by atoms with Crippen molar-refractivity contribution in [3.8, 4) is 23.7 Å². The minimum Gasteiger partial charge on any atom is -0.507 e. The minimum atomic E-state index is -0.0937. The molecule has 0 amide bonds. The summed E-state index contributed by atoms with van der Waals surface area (Å²) < 4.78 is 0. The molecule has 14 heavy (non-hydrogen) atoms. The van der Waals surface area contributed by atoms with Gasteiger partial charge in [-0.05, 0) is 18.2 Å². The van der Waals surface area contributed by atoms with E-state index in [0.717, 1.165) is 0 Å². The summed E-state index contributed by atoms with van der Waals surface area (Å²) in [6.07, 6.45) is 0.720. The molecular formula is C11H7NO2. The van der Waals surface area contributed by atoms with Gasteiger partial charge in [0.2, 0.25) is 0 Å². The standard InChI is InChI=1S/C11H7NO2/c12-6-2-1-3-9-4-5-10(8-13)11(14)7-9/h4-5,7-8,14H,2H2. The average Bonchev–Trinajstić information content (AvgIpc) is 2.18. The lowest BCUT2D eigenvalue weighted by atomic mass is 10.1. The van der Waals surface area contributed by atoms with Crippen molar-refractivity contribution in [3.05, 3.63) is 29.3 Å². The lowest BCUT2D eigenvalue weighted by Crippen LogP contribution is -1.82. The van der Waals surface area contributed by atoms with E-state index in [9.17, 15) is 9.90 Å². The number of phenols is 1. The first kappa shape index (κ1) is 9.83. The van der Waals surface area contributed by atoms with Crippen LogP contribution < -0.4 is 0 Å². The van der Waals surface area contributed by atoms with E-state index in [2.05, 4.69) is 11.8 Å². The van der Waals surface area contributed by atoms with Gasteiger partial charge in [-0.3, -0.25) is 4.79 Å². The van der Waals surface area contributed by atoms with Crippen molar-refractivity contribution < 1.29 is 9.90 Å². The van der Waals surface area contributed by atoms with Crippen molar-refractivity contribution >= 4 is 6.29 Å². The summed E-state index contributed by atoms with van der Waals surface area (Å²) >= 11 is 0. The lowest BCUT2D eigenvalue weighted by Gasteiger charge is -1.96. The summed E-state index contributed by atoms with van der Waals surface area (Å²) in [4.78, 5) is 10.4. The molecule has 1 aromatic carbocycles. The predicted molar refractivity (Wildman–Crippen MR) is 50.6 cm³/mol. The van der Waals surface area contributed by atoms with Gasteiger partial charge in [-0.15, -0.1) is 0 Å². The molecule has 0 bridgehead atoms. The number of carbonyl (C=O) groups is 1. The van der Waals surface area contributed by atoms with E-state index in [1.165, 1.54) is 12.1 Å². The van der Waals surface area contributed by atoms with E-state index < -0.39 is 0 Å². The van der Waals surface area contributed by atoms with Crippen molar-refractivity contribution in [3.63, 3.8) is 0 Å². The van der Waals surface area contributed by atoms with Gasteiger partial charge in [0, 0.05) is 5.56 Å². The topological polar surface area (TPSA) is 61.1 Å². The van der Waals surface area contributed by atoms with Gasteiger partial charge in [-0.1, -0.05) is 11.8 Å². The molecular weight excluding hydrogens is 178 g/mol. The molecule has 0 radical (unpaired) electrons. The Kier molecular flexibility index (Phi) is 3.29. The third-order valence-electron chi connectivity index (χ3n) is 1.56. The second kappa shape index (κ2) is 4.69. The van der Waals surface area contributed by atoms with Gasteiger partial charge >= 0.3 is 0 Å². The maximum absolute atomic E-state index is 10.4. The summed E-state index contributed by atoms with van der Waals surface area (Å²) in [6.45, 7) is 0. The van der Waals surface area contributed by atoms with Gasteiger partial charge in [0.25, 0.3) is 0 Å². The van der Waals surface area contributed by atoms with E-state index in [4.69, 9.17) is 5.26 Å². The van der Waals surface area contributed by atoms with E-state index in [0.29, 0.717) is 11.8 Å². The highest BCUT2D eigenvalue weighted by molar-refractivity contribution is 5.79. The van der Waals surface area contributed by atoms with Crippen LogP contribution in [0.4, 0.5) is 0 Å². The number of nitriles is 1. The number of aldehydes is 1. The summed E-state index contributed by atoms with van der Waals surface area (Å²) in [5.74, 6) is 5.20. The van der Waals surface area contributed by atoms with Crippen LogP contribution in [0, 0.1) is 23.2 Å². The molecule has 1 N–H and O–H groups in total. The Morgan fingerprint density at radius 2 is 2.29 bits per heavy atom. The van der Waals surface area contributed by atoms with Gasteiger partial charge in [0.1, 0.15) is 5.75 Å². The van der Waals surface area contributed by atoms with Gasteiger partial charge in [0.05, 0.1) is 18.1 Å². The molecule has 0 fully saturated rings. The van der Waals surface area contributed by atoms with E-state index in [1.54, 1.807) is 6.07 Å². The Balaban J connectivity index is 2.94. The summed E-state index contributed by atoms with van der Waals surface area (Å²) in [5.41, 5.74) is 0.819. The summed E-state index contributed by atoms with van der Waals surface area (Å²) in [7, 11) is 0. The zero-order chi connectivity index (χ0) is 10.4. The monoisotopic (exact) mass is 185 g/mol. The van der Waals surface area contributed by atoms with Gasteiger partial charge in [-0.2, -0.15) is 5.26 Å². The number of nitrogens with zero attached hydrogens (tertiary/aromatic N) is 1. The molecule has 0 aliphatic heterocycles. The number of phenolic OH excluding ortho intramolecular Hbond substituents is 1. The molecule has 0 aliphatic carbocycles. The SMILES string of the molecule is N#CCC#Cc1ccc(C=O)c(O)c1. The van der Waals surface area contributed by atoms with Crippen molar-refractivity contribution in [2.24, 2.45) is 0 Å². The number of carbonyl (C=O) groups excluding carboxylic acids is 1. The third kappa shape index (κ3) is 2.36. The van der Waals surface area contributed by atoms with Crippen LogP contribution in [0.5, 0.6) is 5.75 Å². The molecule has 0 unspecified atom stereocenters. The lowest BCUT2D eigenvalue weighted by molar-refractivity contribution is 0.112. The van der Waals surface area contributed by atoms with Crippen LogP contribution in [0.1, 0.15) is 22.3 Å².